The van der Waals surface area contributed by atoms with Crippen LogP contribution in [0, 0.1) is 0 Å². The molecule has 0 saturated carbocycles. The van der Waals surface area contributed by atoms with Crippen LogP contribution < -0.4 is 0 Å². The molecule has 1 rings (SSSR count). The van der Waals surface area contributed by atoms with Crippen LogP contribution in [0.4, 0.5) is 0 Å². The van der Waals surface area contributed by atoms with Gasteiger partial charge in [-0.1, -0.05) is 0 Å². The highest BCUT2D eigenvalue weighted by molar-refractivity contribution is 5.96. The van der Waals surface area contributed by atoms with Gasteiger partial charge in [-0.15, -0.1) is 0 Å². The van der Waals surface area contributed by atoms with Crippen LogP contribution in [0.3, 0.4) is 0 Å². The quantitative estimate of drug-likeness (QED) is 0.633. The maximum absolute atomic E-state index is 11.6. The van der Waals surface area contributed by atoms with Crippen molar-refractivity contribution in [3.05, 3.63) is 24.3 Å². The fourth-order valence-electron chi connectivity index (χ4n) is 1.77. The van der Waals surface area contributed by atoms with E-state index in [0.29, 0.717) is 12.8 Å². The number of carbonyl (C=O) groups is 4. The van der Waals surface area contributed by atoms with Gasteiger partial charge in [0.25, 0.3) is 0 Å². The Kier molecular flexibility index (Phi) is 7.22. The summed E-state index contributed by atoms with van der Waals surface area (Å²) in [5, 5.41) is 0. The summed E-state index contributed by atoms with van der Waals surface area (Å²) in [5.74, 6) is -1.72. The minimum absolute atomic E-state index is 0.149. The molecule has 6 heteroatoms. The molecule has 1 aliphatic rings. The van der Waals surface area contributed by atoms with E-state index in [0.717, 1.165) is 24.3 Å². The van der Waals surface area contributed by atoms with Crippen molar-refractivity contribution in [2.75, 3.05) is 0 Å². The van der Waals surface area contributed by atoms with Crippen LogP contribution in [0.2, 0.25) is 0 Å². The second-order valence-electron chi connectivity index (χ2n) is 5.17. The first-order valence-corrected chi connectivity index (χ1v) is 7.20. The maximum atomic E-state index is 11.6. The number of esters is 2. The summed E-state index contributed by atoms with van der Waals surface area (Å²) in [4.78, 5) is 46.1. The summed E-state index contributed by atoms with van der Waals surface area (Å²) in [6, 6.07) is 0. The summed E-state index contributed by atoms with van der Waals surface area (Å²) < 4.78 is 10.1. The summed E-state index contributed by atoms with van der Waals surface area (Å²) in [6.07, 6.45) is 4.51. The number of rotatable bonds is 0. The van der Waals surface area contributed by atoms with Crippen LogP contribution in [-0.4, -0.2) is 35.7 Å². The molecule has 0 saturated heterocycles. The molecule has 0 bridgehead atoms. The number of ketones is 2. The average Bonchev–Trinajstić information content (AvgIpc) is 2.46. The number of hydrogen-bond donors (Lipinski definition) is 0. The molecule has 1 heterocycles. The molecular weight excluding hydrogens is 288 g/mol. The van der Waals surface area contributed by atoms with Crippen molar-refractivity contribution in [3.63, 3.8) is 0 Å². The van der Waals surface area contributed by atoms with E-state index in [2.05, 4.69) is 0 Å². The van der Waals surface area contributed by atoms with Gasteiger partial charge in [-0.3, -0.25) is 9.59 Å². The third kappa shape index (κ3) is 7.52. The summed E-state index contributed by atoms with van der Waals surface area (Å²) in [7, 11) is 0. The van der Waals surface area contributed by atoms with Crippen molar-refractivity contribution in [3.8, 4) is 0 Å². The molecule has 0 amide bonds. The van der Waals surface area contributed by atoms with Gasteiger partial charge in [0.05, 0.1) is 12.2 Å². The Morgan fingerprint density at radius 2 is 1.09 bits per heavy atom. The number of allylic oxidation sites excluding steroid dienone is 2. The fraction of sp³-hybridized carbons (Fsp3) is 0.500. The minimum Gasteiger partial charge on any atom is -0.459 e. The fourth-order valence-corrected chi connectivity index (χ4v) is 1.77. The molecule has 0 aromatic carbocycles. The lowest BCUT2D eigenvalue weighted by atomic mass is 10.1. The minimum atomic E-state index is -0.615. The molecule has 0 fully saturated rings. The van der Waals surface area contributed by atoms with Gasteiger partial charge in [0.1, 0.15) is 0 Å². The number of cyclic esters (lactones) is 2. The third-order valence-electron chi connectivity index (χ3n) is 3.04. The molecule has 0 unspecified atom stereocenters. The molecule has 0 aromatic heterocycles. The molecule has 2 atom stereocenters. The molecule has 120 valence electrons. The number of hydrogen-bond acceptors (Lipinski definition) is 6. The molecule has 0 spiro atoms. The first-order chi connectivity index (χ1) is 10.4. The normalized spacial score (nSPS) is 28.6. The molecule has 0 aliphatic carbocycles. The third-order valence-corrected chi connectivity index (χ3v) is 3.04. The summed E-state index contributed by atoms with van der Waals surface area (Å²) in [6.45, 7) is 3.31. The Morgan fingerprint density at radius 1 is 0.727 bits per heavy atom. The van der Waals surface area contributed by atoms with E-state index in [4.69, 9.17) is 9.47 Å². The second-order valence-corrected chi connectivity index (χ2v) is 5.17. The Balaban J connectivity index is 2.75. The van der Waals surface area contributed by atoms with Crippen molar-refractivity contribution in [1.82, 2.24) is 0 Å². The number of carbonyl (C=O) groups excluding carboxylic acids is 4. The van der Waals surface area contributed by atoms with E-state index in [1.807, 2.05) is 0 Å². The van der Waals surface area contributed by atoms with Gasteiger partial charge in [-0.05, 0) is 38.8 Å². The molecule has 0 N–H and O–H groups in total. The molecular formula is C16H20O6. The largest absolute Gasteiger partial charge is 0.459 e. The van der Waals surface area contributed by atoms with Gasteiger partial charge in [-0.25, -0.2) is 9.59 Å². The Labute approximate surface area is 129 Å². The van der Waals surface area contributed by atoms with Gasteiger partial charge in [0, 0.05) is 25.0 Å². The highest BCUT2D eigenvalue weighted by Gasteiger charge is 2.12. The van der Waals surface area contributed by atoms with Gasteiger partial charge < -0.3 is 9.47 Å². The lowest BCUT2D eigenvalue weighted by molar-refractivity contribution is -0.143. The maximum Gasteiger partial charge on any atom is 0.331 e. The van der Waals surface area contributed by atoms with Crippen molar-refractivity contribution in [2.45, 2.75) is 51.7 Å². The average molecular weight is 308 g/mol. The van der Waals surface area contributed by atoms with Crippen LogP contribution in [0.5, 0.6) is 0 Å². The molecule has 6 nitrogen and oxygen atoms in total. The van der Waals surface area contributed by atoms with Gasteiger partial charge in [0.2, 0.25) is 0 Å². The molecule has 0 radical (unpaired) electrons. The first-order valence-electron chi connectivity index (χ1n) is 7.20. The van der Waals surface area contributed by atoms with E-state index in [-0.39, 0.29) is 24.4 Å². The van der Waals surface area contributed by atoms with E-state index >= 15 is 0 Å². The predicted molar refractivity (Wildman–Crippen MR) is 77.9 cm³/mol. The SMILES string of the molecule is C[C@@H]1CCC(=O)/C=C/C(=O)O[C@H](C)CCC(=O)/C=C\C(=O)O1. The van der Waals surface area contributed by atoms with E-state index in [9.17, 15) is 19.2 Å². The van der Waals surface area contributed by atoms with E-state index < -0.39 is 24.1 Å². The standard InChI is InChI=1S/C16H20O6/c1-11-3-5-13(17)8-10-16(20)22-12(2)4-6-14(18)7-9-15(19)21-11/h7-12H,3-6H2,1-2H3/b9-7-,10-8+/t11-,12-/m1/s1. The van der Waals surface area contributed by atoms with Crippen molar-refractivity contribution >= 4 is 23.5 Å². The monoisotopic (exact) mass is 308 g/mol. The zero-order chi connectivity index (χ0) is 16.5. The van der Waals surface area contributed by atoms with Crippen LogP contribution in [0.15, 0.2) is 24.3 Å². The van der Waals surface area contributed by atoms with Gasteiger partial charge >= 0.3 is 11.9 Å². The smallest absolute Gasteiger partial charge is 0.331 e. The Bertz CT molecular complexity index is 457. The molecule has 22 heavy (non-hydrogen) atoms. The van der Waals surface area contributed by atoms with Crippen LogP contribution in [0.25, 0.3) is 0 Å². The van der Waals surface area contributed by atoms with Crippen molar-refractivity contribution in [1.29, 1.82) is 0 Å². The Hall–Kier alpha value is -2.24. The zero-order valence-electron chi connectivity index (χ0n) is 12.7. The highest BCUT2D eigenvalue weighted by Crippen LogP contribution is 2.07. The predicted octanol–water partition coefficient (Wildman–Crippen LogP) is 1.67. The van der Waals surface area contributed by atoms with E-state index in [1.54, 1.807) is 13.8 Å². The lowest BCUT2D eigenvalue weighted by Gasteiger charge is -2.12. The van der Waals surface area contributed by atoms with Crippen molar-refractivity contribution in [2.24, 2.45) is 0 Å². The van der Waals surface area contributed by atoms with Crippen LogP contribution in [-0.2, 0) is 28.7 Å². The van der Waals surface area contributed by atoms with Crippen LogP contribution >= 0.6 is 0 Å². The summed E-state index contributed by atoms with van der Waals surface area (Å²) >= 11 is 0. The molecule has 1 aliphatic heterocycles. The molecule has 0 aromatic rings. The van der Waals surface area contributed by atoms with Gasteiger partial charge in [0.15, 0.2) is 11.6 Å². The topological polar surface area (TPSA) is 86.7 Å². The van der Waals surface area contributed by atoms with E-state index in [1.165, 1.54) is 0 Å². The Morgan fingerprint density at radius 3 is 1.45 bits per heavy atom. The second kappa shape index (κ2) is 8.92. The van der Waals surface area contributed by atoms with Gasteiger partial charge in [-0.2, -0.15) is 0 Å². The highest BCUT2D eigenvalue weighted by atomic mass is 16.5. The van der Waals surface area contributed by atoms with Crippen LogP contribution in [0.1, 0.15) is 39.5 Å². The van der Waals surface area contributed by atoms with Crippen molar-refractivity contribution < 1.29 is 28.7 Å². The first kappa shape index (κ1) is 17.8. The summed E-state index contributed by atoms with van der Waals surface area (Å²) in [5.41, 5.74) is 0. The zero-order valence-corrected chi connectivity index (χ0v) is 12.7. The number of ether oxygens (including phenoxy) is 2. The lowest BCUT2D eigenvalue weighted by Crippen LogP contribution is -2.16.